The van der Waals surface area contributed by atoms with E-state index in [4.69, 9.17) is 15.7 Å². The smallest absolute Gasteiger partial charge is 0.123 e. The molecule has 0 aromatic heterocycles. The lowest BCUT2D eigenvalue weighted by molar-refractivity contribution is 0.0121. The average Bonchev–Trinajstić information content (AvgIpc) is 2.37. The largest absolute Gasteiger partial charge is 0.373 e. The van der Waals surface area contributed by atoms with E-state index in [9.17, 15) is 4.39 Å². The van der Waals surface area contributed by atoms with Crippen LogP contribution >= 0.6 is 0 Å². The van der Waals surface area contributed by atoms with E-state index < -0.39 is 0 Å². The molecule has 0 spiro atoms. The SMILES string of the molecule is N#Cc1ccc(F)cc1COC1CCCC(N)C1. The van der Waals surface area contributed by atoms with Gasteiger partial charge in [-0.15, -0.1) is 0 Å². The molecule has 1 aliphatic carbocycles. The maximum atomic E-state index is 13.1. The van der Waals surface area contributed by atoms with Gasteiger partial charge in [0.25, 0.3) is 0 Å². The second-order valence-electron chi connectivity index (χ2n) is 4.77. The van der Waals surface area contributed by atoms with E-state index in [0.29, 0.717) is 11.1 Å². The first-order chi connectivity index (χ1) is 8.69. The van der Waals surface area contributed by atoms with Crippen LogP contribution in [0.3, 0.4) is 0 Å². The second-order valence-corrected chi connectivity index (χ2v) is 4.77. The Bertz CT molecular complexity index is 456. The molecule has 2 N–H and O–H groups in total. The maximum Gasteiger partial charge on any atom is 0.123 e. The summed E-state index contributed by atoms with van der Waals surface area (Å²) in [5.41, 5.74) is 6.96. The van der Waals surface area contributed by atoms with Crippen LogP contribution in [0.1, 0.15) is 36.8 Å². The number of benzene rings is 1. The normalized spacial score (nSPS) is 23.6. The first kappa shape index (κ1) is 13.0. The Hall–Kier alpha value is -1.44. The number of nitriles is 1. The lowest BCUT2D eigenvalue weighted by Gasteiger charge is -2.26. The minimum Gasteiger partial charge on any atom is -0.373 e. The van der Waals surface area contributed by atoms with Crippen LogP contribution in [0.15, 0.2) is 18.2 Å². The highest BCUT2D eigenvalue weighted by atomic mass is 19.1. The molecule has 1 aliphatic rings. The van der Waals surface area contributed by atoms with Gasteiger partial charge in [0.2, 0.25) is 0 Å². The average molecular weight is 248 g/mol. The Morgan fingerprint density at radius 2 is 2.28 bits per heavy atom. The fraction of sp³-hybridized carbons (Fsp3) is 0.500. The molecule has 0 saturated heterocycles. The van der Waals surface area contributed by atoms with Crippen LogP contribution in [-0.2, 0) is 11.3 Å². The van der Waals surface area contributed by atoms with Crippen LogP contribution in [0, 0.1) is 17.1 Å². The highest BCUT2D eigenvalue weighted by Crippen LogP contribution is 2.21. The van der Waals surface area contributed by atoms with Crippen molar-refractivity contribution in [3.05, 3.63) is 35.1 Å². The van der Waals surface area contributed by atoms with Gasteiger partial charge in [0, 0.05) is 6.04 Å². The van der Waals surface area contributed by atoms with E-state index in [1.165, 1.54) is 18.2 Å². The van der Waals surface area contributed by atoms with E-state index in [-0.39, 0.29) is 24.6 Å². The molecule has 1 aromatic carbocycles. The lowest BCUT2D eigenvalue weighted by Crippen LogP contribution is -2.32. The number of rotatable bonds is 3. The summed E-state index contributed by atoms with van der Waals surface area (Å²) in [6.45, 7) is 0.276. The summed E-state index contributed by atoms with van der Waals surface area (Å²) in [6.07, 6.45) is 4.08. The zero-order valence-electron chi connectivity index (χ0n) is 10.2. The maximum absolute atomic E-state index is 13.1. The minimum absolute atomic E-state index is 0.128. The van der Waals surface area contributed by atoms with Gasteiger partial charge in [0.05, 0.1) is 24.3 Å². The number of hydrogen-bond acceptors (Lipinski definition) is 3. The van der Waals surface area contributed by atoms with Gasteiger partial charge < -0.3 is 10.5 Å². The van der Waals surface area contributed by atoms with E-state index in [2.05, 4.69) is 0 Å². The van der Waals surface area contributed by atoms with E-state index >= 15 is 0 Å². The number of nitrogens with two attached hydrogens (primary N) is 1. The zero-order valence-corrected chi connectivity index (χ0v) is 10.2. The predicted molar refractivity (Wildman–Crippen MR) is 66.1 cm³/mol. The Balaban J connectivity index is 1.97. The molecule has 0 heterocycles. The number of hydrogen-bond donors (Lipinski definition) is 1. The summed E-state index contributed by atoms with van der Waals surface area (Å²) in [5, 5.41) is 8.94. The van der Waals surface area contributed by atoms with Gasteiger partial charge in [-0.3, -0.25) is 0 Å². The molecule has 2 atom stereocenters. The van der Waals surface area contributed by atoms with Gasteiger partial charge in [-0.05, 0) is 49.4 Å². The Morgan fingerprint density at radius 3 is 3.00 bits per heavy atom. The van der Waals surface area contributed by atoms with Crippen molar-refractivity contribution in [2.75, 3.05) is 0 Å². The summed E-state index contributed by atoms with van der Waals surface area (Å²) in [7, 11) is 0. The number of ether oxygens (including phenoxy) is 1. The monoisotopic (exact) mass is 248 g/mol. The first-order valence-corrected chi connectivity index (χ1v) is 6.24. The van der Waals surface area contributed by atoms with Gasteiger partial charge in [-0.2, -0.15) is 5.26 Å². The minimum atomic E-state index is -0.340. The van der Waals surface area contributed by atoms with Crippen LogP contribution in [0.2, 0.25) is 0 Å². The quantitative estimate of drug-likeness (QED) is 0.894. The van der Waals surface area contributed by atoms with Crippen molar-refractivity contribution in [3.8, 4) is 6.07 Å². The molecule has 4 heteroatoms. The third-order valence-electron chi connectivity index (χ3n) is 3.33. The van der Waals surface area contributed by atoms with Crippen molar-refractivity contribution in [3.63, 3.8) is 0 Å². The van der Waals surface area contributed by atoms with Crippen molar-refractivity contribution < 1.29 is 9.13 Å². The van der Waals surface area contributed by atoms with Crippen molar-refractivity contribution in [2.24, 2.45) is 5.73 Å². The summed E-state index contributed by atoms with van der Waals surface area (Å²) in [5.74, 6) is -0.340. The first-order valence-electron chi connectivity index (χ1n) is 6.24. The zero-order chi connectivity index (χ0) is 13.0. The molecule has 0 aliphatic heterocycles. The summed E-state index contributed by atoms with van der Waals surface area (Å²) in [4.78, 5) is 0. The standard InChI is InChI=1S/C14H17FN2O/c15-12-5-4-10(8-16)11(6-12)9-18-14-3-1-2-13(17)7-14/h4-6,13-14H,1-3,7,9,17H2. The van der Waals surface area contributed by atoms with Crippen molar-refractivity contribution >= 4 is 0 Å². The third kappa shape index (κ3) is 3.28. The Kier molecular flexibility index (Phi) is 4.29. The van der Waals surface area contributed by atoms with Crippen LogP contribution in [0.4, 0.5) is 4.39 Å². The molecule has 96 valence electrons. The van der Waals surface area contributed by atoms with Crippen LogP contribution < -0.4 is 5.73 Å². The second kappa shape index (κ2) is 5.94. The van der Waals surface area contributed by atoms with Gasteiger partial charge in [0.1, 0.15) is 5.82 Å². The van der Waals surface area contributed by atoms with E-state index in [1.54, 1.807) is 0 Å². The third-order valence-corrected chi connectivity index (χ3v) is 3.33. The Morgan fingerprint density at radius 1 is 1.44 bits per heavy atom. The lowest BCUT2D eigenvalue weighted by atomic mass is 9.93. The molecule has 0 bridgehead atoms. The van der Waals surface area contributed by atoms with Crippen LogP contribution in [0.5, 0.6) is 0 Å². The molecule has 3 nitrogen and oxygen atoms in total. The summed E-state index contributed by atoms with van der Waals surface area (Å²) >= 11 is 0. The predicted octanol–water partition coefficient (Wildman–Crippen LogP) is 2.48. The highest BCUT2D eigenvalue weighted by Gasteiger charge is 2.20. The fourth-order valence-electron chi connectivity index (χ4n) is 2.33. The van der Waals surface area contributed by atoms with Crippen molar-refractivity contribution in [2.45, 2.75) is 44.4 Å². The molecular weight excluding hydrogens is 231 g/mol. The molecule has 0 amide bonds. The Labute approximate surface area is 106 Å². The molecule has 1 saturated carbocycles. The summed E-state index contributed by atoms with van der Waals surface area (Å²) in [6, 6.07) is 6.39. The molecule has 0 radical (unpaired) electrons. The van der Waals surface area contributed by atoms with Gasteiger partial charge >= 0.3 is 0 Å². The molecule has 18 heavy (non-hydrogen) atoms. The topological polar surface area (TPSA) is 59.0 Å². The molecule has 2 unspecified atom stereocenters. The fourth-order valence-corrected chi connectivity index (χ4v) is 2.33. The van der Waals surface area contributed by atoms with Gasteiger partial charge in [-0.1, -0.05) is 0 Å². The molecular formula is C14H17FN2O. The number of nitrogens with zero attached hydrogens (tertiary/aromatic N) is 1. The van der Waals surface area contributed by atoms with E-state index in [0.717, 1.165) is 25.7 Å². The van der Waals surface area contributed by atoms with Gasteiger partial charge in [0.15, 0.2) is 0 Å². The molecule has 1 aromatic rings. The van der Waals surface area contributed by atoms with Crippen molar-refractivity contribution in [1.29, 1.82) is 5.26 Å². The van der Waals surface area contributed by atoms with E-state index in [1.807, 2.05) is 6.07 Å². The number of halogens is 1. The van der Waals surface area contributed by atoms with Crippen LogP contribution in [0.25, 0.3) is 0 Å². The highest BCUT2D eigenvalue weighted by molar-refractivity contribution is 5.37. The van der Waals surface area contributed by atoms with Gasteiger partial charge in [-0.25, -0.2) is 4.39 Å². The summed E-state index contributed by atoms with van der Waals surface area (Å²) < 4.78 is 18.9. The van der Waals surface area contributed by atoms with Crippen LogP contribution in [-0.4, -0.2) is 12.1 Å². The molecule has 2 rings (SSSR count). The molecule has 1 fully saturated rings. The van der Waals surface area contributed by atoms with Crippen molar-refractivity contribution in [1.82, 2.24) is 0 Å².